The lowest BCUT2D eigenvalue weighted by atomic mass is 10.2. The molecule has 0 atom stereocenters. The number of ether oxygens (including phenoxy) is 2. The summed E-state index contributed by atoms with van der Waals surface area (Å²) in [6.45, 7) is 5.82. The summed E-state index contributed by atoms with van der Waals surface area (Å²) < 4.78 is 10.4. The average Bonchev–Trinajstić information content (AvgIpc) is 2.62. The van der Waals surface area contributed by atoms with E-state index < -0.39 is 0 Å². The van der Waals surface area contributed by atoms with Crippen LogP contribution in [-0.4, -0.2) is 69.8 Å². The first-order valence-corrected chi connectivity index (χ1v) is 8.58. The average molecular weight is 349 g/mol. The van der Waals surface area contributed by atoms with Crippen molar-refractivity contribution in [3.63, 3.8) is 0 Å². The molecule has 0 spiro atoms. The maximum Gasteiger partial charge on any atom is 0.226 e. The topological polar surface area (TPSA) is 71.1 Å². The molecule has 1 saturated heterocycles. The van der Waals surface area contributed by atoms with Gasteiger partial charge in [0.2, 0.25) is 11.8 Å². The summed E-state index contributed by atoms with van der Waals surface area (Å²) in [7, 11) is 1.59. The number of benzene rings is 1. The molecule has 0 bridgehead atoms. The quantitative estimate of drug-likeness (QED) is 0.767. The molecule has 2 rings (SSSR count). The number of nitrogens with zero attached hydrogens (tertiary/aromatic N) is 2. The largest absolute Gasteiger partial charge is 0.383 e. The normalized spacial score (nSPS) is 14.2. The van der Waals surface area contributed by atoms with Gasteiger partial charge in [-0.05, 0) is 12.1 Å². The summed E-state index contributed by atoms with van der Waals surface area (Å²) in [4.78, 5) is 27.8. The van der Waals surface area contributed by atoms with Crippen molar-refractivity contribution in [1.29, 1.82) is 0 Å². The number of carbonyl (C=O) groups excluding carboxylic acids is 2. The van der Waals surface area contributed by atoms with Crippen molar-refractivity contribution in [2.24, 2.45) is 0 Å². The van der Waals surface area contributed by atoms with Gasteiger partial charge in [0.05, 0.1) is 31.2 Å². The summed E-state index contributed by atoms with van der Waals surface area (Å²) >= 11 is 0. The predicted octanol–water partition coefficient (Wildman–Crippen LogP) is 1.35. The number of rotatable bonds is 8. The SMILES string of the molecule is COCCN(CCC(=O)Nc1ccccc1N1CCOCC1)C(C)=O. The number of methoxy groups -OCH3 is 1. The molecule has 0 aromatic heterocycles. The summed E-state index contributed by atoms with van der Waals surface area (Å²) in [5, 5.41) is 2.97. The molecule has 1 aliphatic heterocycles. The fourth-order valence-corrected chi connectivity index (χ4v) is 2.74. The van der Waals surface area contributed by atoms with Crippen molar-refractivity contribution >= 4 is 23.2 Å². The molecule has 2 amide bonds. The summed E-state index contributed by atoms with van der Waals surface area (Å²) in [6.07, 6.45) is 0.251. The minimum absolute atomic E-state index is 0.0569. The second-order valence-corrected chi connectivity index (χ2v) is 5.91. The van der Waals surface area contributed by atoms with Crippen molar-refractivity contribution in [1.82, 2.24) is 4.90 Å². The van der Waals surface area contributed by atoms with Gasteiger partial charge in [0.15, 0.2) is 0 Å². The molecule has 138 valence electrons. The second-order valence-electron chi connectivity index (χ2n) is 5.91. The van der Waals surface area contributed by atoms with Crippen LogP contribution in [0.15, 0.2) is 24.3 Å². The molecule has 0 unspecified atom stereocenters. The summed E-state index contributed by atoms with van der Waals surface area (Å²) in [6, 6.07) is 7.76. The van der Waals surface area contributed by atoms with Crippen molar-refractivity contribution in [2.45, 2.75) is 13.3 Å². The van der Waals surface area contributed by atoms with E-state index in [2.05, 4.69) is 10.2 Å². The van der Waals surface area contributed by atoms with Crippen LogP contribution in [-0.2, 0) is 19.1 Å². The first-order chi connectivity index (χ1) is 12.1. The molecular formula is C18H27N3O4. The Balaban J connectivity index is 1.92. The lowest BCUT2D eigenvalue weighted by molar-refractivity contribution is -0.130. The fraction of sp³-hybridized carbons (Fsp3) is 0.556. The van der Waals surface area contributed by atoms with E-state index in [1.165, 1.54) is 6.92 Å². The molecule has 1 aromatic rings. The Morgan fingerprint density at radius 3 is 2.64 bits per heavy atom. The monoisotopic (exact) mass is 349 g/mol. The van der Waals surface area contributed by atoms with Crippen LogP contribution in [0.25, 0.3) is 0 Å². The van der Waals surface area contributed by atoms with Crippen LogP contribution in [0, 0.1) is 0 Å². The van der Waals surface area contributed by atoms with Crippen LogP contribution >= 0.6 is 0 Å². The number of hydrogen-bond acceptors (Lipinski definition) is 5. The van der Waals surface area contributed by atoms with Gasteiger partial charge >= 0.3 is 0 Å². The van der Waals surface area contributed by atoms with Crippen LogP contribution in [0.1, 0.15) is 13.3 Å². The van der Waals surface area contributed by atoms with Gasteiger partial charge in [-0.15, -0.1) is 0 Å². The zero-order valence-electron chi connectivity index (χ0n) is 15.0. The number of amides is 2. The standard InChI is InChI=1S/C18H27N3O4/c1-15(22)20(9-12-24-2)8-7-18(23)19-16-5-3-4-6-17(16)21-10-13-25-14-11-21/h3-6H,7-14H2,1-2H3,(H,19,23). The lowest BCUT2D eigenvalue weighted by Gasteiger charge is -2.30. The molecule has 1 aliphatic rings. The molecule has 0 aliphatic carbocycles. The number of nitrogens with one attached hydrogen (secondary N) is 1. The van der Waals surface area contributed by atoms with E-state index in [-0.39, 0.29) is 18.2 Å². The van der Waals surface area contributed by atoms with Gasteiger partial charge in [-0.25, -0.2) is 0 Å². The van der Waals surface area contributed by atoms with Crippen LogP contribution in [0.3, 0.4) is 0 Å². The lowest BCUT2D eigenvalue weighted by Crippen LogP contribution is -2.37. The number of carbonyl (C=O) groups is 2. The van der Waals surface area contributed by atoms with Gasteiger partial charge in [0.25, 0.3) is 0 Å². The number of morpholine rings is 1. The van der Waals surface area contributed by atoms with Crippen molar-refractivity contribution in [3.05, 3.63) is 24.3 Å². The third kappa shape index (κ3) is 6.03. The van der Waals surface area contributed by atoms with Crippen LogP contribution < -0.4 is 10.2 Å². The molecule has 1 heterocycles. The smallest absolute Gasteiger partial charge is 0.226 e. The maximum absolute atomic E-state index is 12.3. The van der Waals surface area contributed by atoms with E-state index in [0.29, 0.717) is 32.9 Å². The Morgan fingerprint density at radius 1 is 1.24 bits per heavy atom. The molecule has 7 nitrogen and oxygen atoms in total. The van der Waals surface area contributed by atoms with Gasteiger partial charge in [0.1, 0.15) is 0 Å². The highest BCUT2D eigenvalue weighted by Gasteiger charge is 2.16. The molecule has 0 radical (unpaired) electrons. The van der Waals surface area contributed by atoms with Crippen LogP contribution in [0.4, 0.5) is 11.4 Å². The van der Waals surface area contributed by atoms with E-state index in [0.717, 1.165) is 24.5 Å². The minimum Gasteiger partial charge on any atom is -0.383 e. The van der Waals surface area contributed by atoms with Crippen molar-refractivity contribution < 1.29 is 19.1 Å². The molecule has 25 heavy (non-hydrogen) atoms. The highest BCUT2D eigenvalue weighted by Crippen LogP contribution is 2.26. The zero-order chi connectivity index (χ0) is 18.1. The summed E-state index contributed by atoms with van der Waals surface area (Å²) in [5.41, 5.74) is 1.79. The molecule has 0 saturated carbocycles. The van der Waals surface area contributed by atoms with Gasteiger partial charge in [-0.3, -0.25) is 9.59 Å². The van der Waals surface area contributed by atoms with Crippen LogP contribution in [0.2, 0.25) is 0 Å². The van der Waals surface area contributed by atoms with E-state index >= 15 is 0 Å². The van der Waals surface area contributed by atoms with Crippen molar-refractivity contribution in [3.8, 4) is 0 Å². The van der Waals surface area contributed by atoms with E-state index in [4.69, 9.17) is 9.47 Å². The van der Waals surface area contributed by atoms with E-state index in [1.807, 2.05) is 24.3 Å². The number of para-hydroxylation sites is 2. The van der Waals surface area contributed by atoms with E-state index in [1.54, 1.807) is 12.0 Å². The highest BCUT2D eigenvalue weighted by atomic mass is 16.5. The van der Waals surface area contributed by atoms with Gasteiger partial charge in [-0.2, -0.15) is 0 Å². The Hall–Kier alpha value is -2.12. The first kappa shape index (κ1) is 19.2. The number of anilines is 2. The van der Waals surface area contributed by atoms with Gasteiger partial charge in [0, 0.05) is 46.6 Å². The minimum atomic E-state index is -0.107. The Labute approximate surface area is 148 Å². The number of hydrogen-bond donors (Lipinski definition) is 1. The first-order valence-electron chi connectivity index (χ1n) is 8.58. The van der Waals surface area contributed by atoms with Gasteiger partial charge in [-0.1, -0.05) is 12.1 Å². The third-order valence-corrected chi connectivity index (χ3v) is 4.15. The van der Waals surface area contributed by atoms with E-state index in [9.17, 15) is 9.59 Å². The van der Waals surface area contributed by atoms with Gasteiger partial charge < -0.3 is 24.6 Å². The Kier molecular flexibility index (Phi) is 7.69. The van der Waals surface area contributed by atoms with Crippen LogP contribution in [0.5, 0.6) is 0 Å². The van der Waals surface area contributed by atoms with Crippen molar-refractivity contribution in [2.75, 3.05) is 63.3 Å². The molecule has 1 N–H and O–H groups in total. The maximum atomic E-state index is 12.3. The Bertz CT molecular complexity index is 573. The fourth-order valence-electron chi connectivity index (χ4n) is 2.74. The zero-order valence-corrected chi connectivity index (χ0v) is 15.0. The molecule has 7 heteroatoms. The Morgan fingerprint density at radius 2 is 1.96 bits per heavy atom. The molecule has 1 fully saturated rings. The predicted molar refractivity (Wildman–Crippen MR) is 96.9 cm³/mol. The summed E-state index contributed by atoms with van der Waals surface area (Å²) in [5.74, 6) is -0.164. The third-order valence-electron chi connectivity index (χ3n) is 4.15. The highest BCUT2D eigenvalue weighted by molar-refractivity contribution is 5.94. The second kappa shape index (κ2) is 10.0. The molecule has 1 aromatic carbocycles. The molecular weight excluding hydrogens is 322 g/mol.